The molecule has 10 nitrogen and oxygen atoms in total. The second kappa shape index (κ2) is 12.1. The average molecular weight is 563 g/mol. The highest BCUT2D eigenvalue weighted by atomic mass is 16.5. The molecule has 0 saturated carbocycles. The smallest absolute Gasteiger partial charge is 0.255 e. The van der Waals surface area contributed by atoms with Crippen molar-refractivity contribution in [2.75, 3.05) is 52.9 Å². The highest BCUT2D eigenvalue weighted by molar-refractivity contribution is 6.19. The normalized spacial score (nSPS) is 16.4. The highest BCUT2D eigenvalue weighted by Crippen LogP contribution is 2.49. The third kappa shape index (κ3) is 5.20. The van der Waals surface area contributed by atoms with Gasteiger partial charge < -0.3 is 33.7 Å². The maximum atomic E-state index is 14.3. The number of β-lactam (4-membered cyclic amide) rings is 1. The molecule has 41 heavy (non-hydrogen) atoms. The first-order valence-electron chi connectivity index (χ1n) is 12.8. The van der Waals surface area contributed by atoms with E-state index >= 15 is 0 Å². The van der Waals surface area contributed by atoms with Gasteiger partial charge in [0.1, 0.15) is 0 Å². The van der Waals surface area contributed by atoms with Crippen LogP contribution in [0.5, 0.6) is 34.5 Å². The van der Waals surface area contributed by atoms with Gasteiger partial charge in [0.15, 0.2) is 28.5 Å². The molecule has 10 heteroatoms. The summed E-state index contributed by atoms with van der Waals surface area (Å²) in [6.45, 7) is 1.83. The van der Waals surface area contributed by atoms with Gasteiger partial charge in [-0.3, -0.25) is 14.5 Å². The number of nitrogens with one attached hydrogen (secondary N) is 1. The van der Waals surface area contributed by atoms with Gasteiger partial charge >= 0.3 is 0 Å². The lowest BCUT2D eigenvalue weighted by Gasteiger charge is -2.51. The summed E-state index contributed by atoms with van der Waals surface area (Å²) in [5.41, 5.74) is 0.978. The van der Waals surface area contributed by atoms with Gasteiger partial charge in [-0.05, 0) is 18.1 Å². The van der Waals surface area contributed by atoms with Crippen LogP contribution >= 0.6 is 0 Å². The van der Waals surface area contributed by atoms with E-state index in [0.717, 1.165) is 5.56 Å². The molecule has 0 spiro atoms. The number of hydrogen-bond donors (Lipinski definition) is 1. The minimum atomic E-state index is -1.38. The Kier molecular flexibility index (Phi) is 8.61. The lowest BCUT2D eigenvalue weighted by atomic mass is 9.75. The van der Waals surface area contributed by atoms with Crippen LogP contribution in [0.25, 0.3) is 6.08 Å². The summed E-state index contributed by atoms with van der Waals surface area (Å²) in [5.74, 6) is 1.54. The number of amides is 2. The van der Waals surface area contributed by atoms with Crippen molar-refractivity contribution in [3.05, 3.63) is 65.7 Å². The molecule has 1 aliphatic heterocycles. The molecule has 1 unspecified atom stereocenters. The van der Waals surface area contributed by atoms with Crippen LogP contribution in [0.15, 0.2) is 60.2 Å². The number of rotatable bonds is 11. The molecular formula is C31H34N2O8. The molecule has 0 bridgehead atoms. The Morgan fingerprint density at radius 3 is 1.71 bits per heavy atom. The number of hydrogen-bond acceptors (Lipinski definition) is 8. The molecule has 1 saturated heterocycles. The maximum absolute atomic E-state index is 14.3. The van der Waals surface area contributed by atoms with Crippen molar-refractivity contribution in [2.45, 2.75) is 18.9 Å². The van der Waals surface area contributed by atoms with Crippen LogP contribution in [0.1, 0.15) is 18.9 Å². The van der Waals surface area contributed by atoms with Gasteiger partial charge in [-0.25, -0.2) is 0 Å². The zero-order valence-electron chi connectivity index (χ0n) is 24.2. The number of carbonyl (C=O) groups is 2. The van der Waals surface area contributed by atoms with E-state index in [2.05, 4.69) is 5.32 Å². The minimum Gasteiger partial charge on any atom is -0.493 e. The van der Waals surface area contributed by atoms with Crippen molar-refractivity contribution >= 4 is 29.3 Å². The summed E-state index contributed by atoms with van der Waals surface area (Å²) in [7, 11) is 8.97. The fourth-order valence-corrected chi connectivity index (χ4v) is 5.04. The molecule has 0 aliphatic carbocycles. The number of anilines is 2. The van der Waals surface area contributed by atoms with E-state index < -0.39 is 11.4 Å². The molecular weight excluding hydrogens is 528 g/mol. The summed E-state index contributed by atoms with van der Waals surface area (Å²) in [5, 5.41) is 2.98. The first kappa shape index (κ1) is 29.1. The average Bonchev–Trinajstić information content (AvgIpc) is 2.98. The zero-order chi connectivity index (χ0) is 29.7. The van der Waals surface area contributed by atoms with Crippen LogP contribution in [0.3, 0.4) is 0 Å². The van der Waals surface area contributed by atoms with Gasteiger partial charge in [0.2, 0.25) is 17.4 Å². The zero-order valence-corrected chi connectivity index (χ0v) is 24.2. The Bertz CT molecular complexity index is 1420. The van der Waals surface area contributed by atoms with E-state index in [0.29, 0.717) is 51.4 Å². The van der Waals surface area contributed by atoms with Gasteiger partial charge in [0.25, 0.3) is 5.91 Å². The van der Waals surface area contributed by atoms with Crippen molar-refractivity contribution in [2.24, 2.45) is 0 Å². The number of benzene rings is 3. The molecule has 1 aliphatic rings. The number of carbonyl (C=O) groups excluding carboxylic acids is 2. The molecule has 216 valence electrons. The molecule has 1 heterocycles. The van der Waals surface area contributed by atoms with E-state index in [1.165, 1.54) is 47.6 Å². The Hall–Kier alpha value is -4.86. The van der Waals surface area contributed by atoms with E-state index in [9.17, 15) is 9.59 Å². The lowest BCUT2D eigenvalue weighted by molar-refractivity contribution is -0.135. The maximum Gasteiger partial charge on any atom is 0.255 e. The SMILES string of the molecule is COc1cc(NC(=O)C2(C(C)=Cc3ccccc3)CC(=O)N2c2cc(OC)c(OC)c(OC)c2)cc(OC)c1OC. The summed E-state index contributed by atoms with van der Waals surface area (Å²) in [4.78, 5) is 29.1. The van der Waals surface area contributed by atoms with Crippen molar-refractivity contribution < 1.29 is 38.0 Å². The van der Waals surface area contributed by atoms with Crippen LogP contribution in [0, 0.1) is 0 Å². The monoisotopic (exact) mass is 562 g/mol. The van der Waals surface area contributed by atoms with Crippen LogP contribution in [-0.2, 0) is 9.59 Å². The summed E-state index contributed by atoms with van der Waals surface area (Å²) in [6.07, 6.45) is 1.83. The first-order valence-corrected chi connectivity index (χ1v) is 12.8. The van der Waals surface area contributed by atoms with E-state index in [4.69, 9.17) is 28.4 Å². The summed E-state index contributed by atoms with van der Waals surface area (Å²) < 4.78 is 32.9. The Morgan fingerprint density at radius 2 is 1.27 bits per heavy atom. The molecule has 0 radical (unpaired) electrons. The fourth-order valence-electron chi connectivity index (χ4n) is 5.04. The van der Waals surface area contributed by atoms with Crippen molar-refractivity contribution in [3.63, 3.8) is 0 Å². The third-order valence-corrected chi connectivity index (χ3v) is 7.08. The summed E-state index contributed by atoms with van der Waals surface area (Å²) >= 11 is 0. The quantitative estimate of drug-likeness (QED) is 0.327. The predicted octanol–water partition coefficient (Wildman–Crippen LogP) is 4.96. The fraction of sp³-hybridized carbons (Fsp3) is 0.290. The Labute approximate surface area is 239 Å². The molecule has 1 fully saturated rings. The largest absolute Gasteiger partial charge is 0.493 e. The number of nitrogens with zero attached hydrogens (tertiary/aromatic N) is 1. The molecule has 0 aromatic heterocycles. The molecule has 2 amide bonds. The van der Waals surface area contributed by atoms with Crippen LogP contribution in [-0.4, -0.2) is 60.0 Å². The summed E-state index contributed by atoms with van der Waals surface area (Å²) in [6, 6.07) is 16.1. The molecule has 4 rings (SSSR count). The molecule has 1 N–H and O–H groups in total. The predicted molar refractivity (Wildman–Crippen MR) is 156 cm³/mol. The Morgan fingerprint density at radius 1 is 0.780 bits per heavy atom. The van der Waals surface area contributed by atoms with Crippen molar-refractivity contribution in [1.82, 2.24) is 0 Å². The van der Waals surface area contributed by atoms with Gasteiger partial charge in [-0.2, -0.15) is 0 Å². The molecule has 1 atom stereocenters. The number of ether oxygens (including phenoxy) is 6. The lowest BCUT2D eigenvalue weighted by Crippen LogP contribution is -2.70. The van der Waals surface area contributed by atoms with Crippen LogP contribution < -0.4 is 38.6 Å². The van der Waals surface area contributed by atoms with Gasteiger partial charge in [0, 0.05) is 30.0 Å². The highest BCUT2D eigenvalue weighted by Gasteiger charge is 2.58. The molecule has 3 aromatic rings. The minimum absolute atomic E-state index is 0.0604. The van der Waals surface area contributed by atoms with Gasteiger partial charge in [-0.15, -0.1) is 0 Å². The molecule has 3 aromatic carbocycles. The van der Waals surface area contributed by atoms with Crippen LogP contribution in [0.4, 0.5) is 11.4 Å². The Balaban J connectivity index is 1.87. The first-order chi connectivity index (χ1) is 19.8. The second-order valence-corrected chi connectivity index (χ2v) is 9.26. The van der Waals surface area contributed by atoms with E-state index in [-0.39, 0.29) is 12.3 Å². The number of methoxy groups -OCH3 is 6. The van der Waals surface area contributed by atoms with Crippen molar-refractivity contribution in [3.8, 4) is 34.5 Å². The standard InChI is InChI=1S/C31H34N2O8/c1-19(13-20-11-9-8-10-12-20)31(30(35)32-21-14-23(36-2)28(40-6)24(15-21)37-3)18-27(34)33(31)22-16-25(38-4)29(41-7)26(17-22)39-5/h8-17H,18H2,1-7H3,(H,32,35). The van der Waals surface area contributed by atoms with Crippen LogP contribution in [0.2, 0.25) is 0 Å². The topological polar surface area (TPSA) is 105 Å². The van der Waals surface area contributed by atoms with E-state index in [1.54, 1.807) is 24.3 Å². The van der Waals surface area contributed by atoms with E-state index in [1.807, 2.05) is 43.3 Å². The second-order valence-electron chi connectivity index (χ2n) is 9.26. The third-order valence-electron chi connectivity index (χ3n) is 7.08. The van der Waals surface area contributed by atoms with Gasteiger partial charge in [0.05, 0.1) is 54.8 Å². The van der Waals surface area contributed by atoms with Crippen molar-refractivity contribution in [1.29, 1.82) is 0 Å². The van der Waals surface area contributed by atoms with Gasteiger partial charge in [-0.1, -0.05) is 36.4 Å².